The molecule has 4 aromatic rings. The van der Waals surface area contributed by atoms with Crippen LogP contribution in [0.5, 0.6) is 11.5 Å². The fourth-order valence-electron chi connectivity index (χ4n) is 5.08. The Morgan fingerprint density at radius 2 is 1.89 bits per heavy atom. The average Bonchev–Trinajstić information content (AvgIpc) is 3.53. The Kier molecular flexibility index (Phi) is 7.04. The van der Waals surface area contributed by atoms with Crippen molar-refractivity contribution in [1.29, 1.82) is 0 Å². The Balaban J connectivity index is 1.54. The number of aryl methyl sites for hydroxylation is 1. The van der Waals surface area contributed by atoms with E-state index in [0.717, 1.165) is 47.6 Å². The summed E-state index contributed by atoms with van der Waals surface area (Å²) in [5, 5.41) is 3.28. The van der Waals surface area contributed by atoms with Crippen LogP contribution in [-0.2, 0) is 11.2 Å². The molecule has 2 heterocycles. The minimum absolute atomic E-state index is 0.0222. The molecule has 0 atom stereocenters. The smallest absolute Gasteiger partial charge is 0.348 e. The third-order valence-corrected chi connectivity index (χ3v) is 7.55. The number of carbonyl (C=O) groups excluding carboxylic acids is 2. The van der Waals surface area contributed by atoms with Crippen molar-refractivity contribution in [3.8, 4) is 11.5 Å². The van der Waals surface area contributed by atoms with Crippen LogP contribution >= 0.6 is 11.3 Å². The van der Waals surface area contributed by atoms with Gasteiger partial charge in [-0.15, -0.1) is 11.3 Å². The normalized spacial score (nSPS) is 14.1. The number of anilines is 1. The van der Waals surface area contributed by atoms with E-state index in [4.69, 9.17) is 9.47 Å². The number of aromatic nitrogens is 2. The summed E-state index contributed by atoms with van der Waals surface area (Å²) in [6.45, 7) is 1.93. The highest BCUT2D eigenvalue weighted by molar-refractivity contribution is 7.13. The quantitative estimate of drug-likeness (QED) is 0.244. The molecule has 5 rings (SSSR count). The van der Waals surface area contributed by atoms with Crippen molar-refractivity contribution < 1.29 is 19.1 Å². The molecule has 0 bridgehead atoms. The van der Waals surface area contributed by atoms with Crippen molar-refractivity contribution in [2.45, 2.75) is 51.5 Å². The Morgan fingerprint density at radius 3 is 2.58 bits per heavy atom. The number of nitrogens with one attached hydrogen (secondary N) is 1. The number of carbonyl (C=O) groups is 2. The van der Waals surface area contributed by atoms with Gasteiger partial charge < -0.3 is 14.5 Å². The molecular formula is C28H29N3O4S. The Labute approximate surface area is 214 Å². The first-order valence-electron chi connectivity index (χ1n) is 12.2. The van der Waals surface area contributed by atoms with E-state index in [1.165, 1.54) is 24.9 Å². The number of rotatable bonds is 7. The Morgan fingerprint density at radius 1 is 1.11 bits per heavy atom. The molecule has 1 N–H and O–H groups in total. The zero-order valence-electron chi connectivity index (χ0n) is 20.5. The number of methoxy groups -OCH3 is 1. The molecule has 0 spiro atoms. The lowest BCUT2D eigenvalue weighted by Crippen LogP contribution is -2.42. The minimum Gasteiger partial charge on any atom is -0.496 e. The molecule has 7 nitrogen and oxygen atoms in total. The molecule has 8 heteroatoms. The van der Waals surface area contributed by atoms with Gasteiger partial charge in [-0.05, 0) is 49.6 Å². The molecule has 1 fully saturated rings. The van der Waals surface area contributed by atoms with Crippen molar-refractivity contribution in [2.24, 2.45) is 0 Å². The van der Waals surface area contributed by atoms with E-state index < -0.39 is 5.97 Å². The lowest BCUT2D eigenvalue weighted by Gasteiger charge is -2.32. The number of hydrogen-bond acceptors (Lipinski definition) is 6. The second-order valence-electron chi connectivity index (χ2n) is 9.04. The Hall–Kier alpha value is -3.65. The van der Waals surface area contributed by atoms with E-state index in [2.05, 4.69) is 9.97 Å². The topological polar surface area (TPSA) is 84.5 Å². The van der Waals surface area contributed by atoms with Crippen LogP contribution in [0.15, 0.2) is 54.0 Å². The van der Waals surface area contributed by atoms with Crippen LogP contribution in [-0.4, -0.2) is 35.0 Å². The molecule has 0 radical (unpaired) electrons. The predicted molar refractivity (Wildman–Crippen MR) is 141 cm³/mol. The summed E-state index contributed by atoms with van der Waals surface area (Å²) in [6, 6.07) is 12.7. The number of para-hydroxylation sites is 1. The van der Waals surface area contributed by atoms with Gasteiger partial charge in [0.05, 0.1) is 13.5 Å². The molecule has 1 saturated carbocycles. The molecule has 0 aliphatic heterocycles. The molecule has 1 amide bonds. The summed E-state index contributed by atoms with van der Waals surface area (Å²) in [6.07, 6.45) is 7.24. The van der Waals surface area contributed by atoms with Crippen LogP contribution < -0.4 is 14.4 Å². The van der Waals surface area contributed by atoms with Gasteiger partial charge in [-0.25, -0.2) is 9.78 Å². The van der Waals surface area contributed by atoms with Gasteiger partial charge in [0.1, 0.15) is 17.1 Å². The van der Waals surface area contributed by atoms with Crippen molar-refractivity contribution in [3.63, 3.8) is 0 Å². The summed E-state index contributed by atoms with van der Waals surface area (Å²) in [5.74, 6) is 0.297. The zero-order valence-corrected chi connectivity index (χ0v) is 21.3. The number of ether oxygens (including phenoxy) is 2. The van der Waals surface area contributed by atoms with Gasteiger partial charge in [0.15, 0.2) is 5.13 Å². The van der Waals surface area contributed by atoms with Gasteiger partial charge in [0.25, 0.3) is 0 Å². The molecule has 2 aromatic carbocycles. The van der Waals surface area contributed by atoms with Crippen LogP contribution in [0.2, 0.25) is 0 Å². The van der Waals surface area contributed by atoms with Gasteiger partial charge in [-0.1, -0.05) is 37.5 Å². The van der Waals surface area contributed by atoms with Crippen molar-refractivity contribution in [1.82, 2.24) is 9.97 Å². The molecular weight excluding hydrogens is 474 g/mol. The number of nitrogens with zero attached hydrogens (tertiary/aromatic N) is 2. The number of H-pyrrole nitrogens is 1. The average molecular weight is 504 g/mol. The number of hydrogen-bond donors (Lipinski definition) is 1. The van der Waals surface area contributed by atoms with E-state index in [1.54, 1.807) is 24.4 Å². The molecule has 0 saturated heterocycles. The summed E-state index contributed by atoms with van der Waals surface area (Å²) >= 11 is 1.48. The van der Waals surface area contributed by atoms with Gasteiger partial charge >= 0.3 is 5.97 Å². The summed E-state index contributed by atoms with van der Waals surface area (Å²) in [7, 11) is 1.53. The first-order valence-corrected chi connectivity index (χ1v) is 13.1. The van der Waals surface area contributed by atoms with E-state index in [0.29, 0.717) is 22.4 Å². The fraction of sp³-hybridized carbons (Fsp3) is 0.321. The van der Waals surface area contributed by atoms with Crippen molar-refractivity contribution >= 4 is 39.2 Å². The second kappa shape index (κ2) is 10.5. The van der Waals surface area contributed by atoms with Crippen molar-refractivity contribution in [3.05, 3.63) is 70.9 Å². The maximum absolute atomic E-state index is 13.9. The van der Waals surface area contributed by atoms with Gasteiger partial charge in [-0.3, -0.25) is 9.69 Å². The van der Waals surface area contributed by atoms with Crippen molar-refractivity contribution in [2.75, 3.05) is 12.0 Å². The molecule has 1 aliphatic carbocycles. The fourth-order valence-corrected chi connectivity index (χ4v) is 5.81. The van der Waals surface area contributed by atoms with Crippen LogP contribution in [0.25, 0.3) is 10.9 Å². The van der Waals surface area contributed by atoms with E-state index >= 15 is 0 Å². The first-order chi connectivity index (χ1) is 17.6. The summed E-state index contributed by atoms with van der Waals surface area (Å²) < 4.78 is 11.2. The van der Waals surface area contributed by atoms with Crippen LogP contribution in [0.1, 0.15) is 53.7 Å². The number of esters is 1. The summed E-state index contributed by atoms with van der Waals surface area (Å²) in [5.41, 5.74) is 2.67. The third kappa shape index (κ3) is 4.73. The number of amides is 1. The van der Waals surface area contributed by atoms with Crippen LogP contribution in [0.3, 0.4) is 0 Å². The highest BCUT2D eigenvalue weighted by Gasteiger charge is 2.31. The van der Waals surface area contributed by atoms with E-state index in [-0.39, 0.29) is 18.4 Å². The maximum atomic E-state index is 13.9. The summed E-state index contributed by atoms with van der Waals surface area (Å²) in [4.78, 5) is 37.0. The third-order valence-electron chi connectivity index (χ3n) is 6.78. The van der Waals surface area contributed by atoms with Crippen LogP contribution in [0.4, 0.5) is 5.13 Å². The molecule has 186 valence electrons. The maximum Gasteiger partial charge on any atom is 0.348 e. The first kappa shape index (κ1) is 24.1. The van der Waals surface area contributed by atoms with E-state index in [9.17, 15) is 9.59 Å². The molecule has 1 aliphatic rings. The standard InChI is InChI=1S/C28H29N3O4S/c1-18-21(17-24(32)31(28-29-15-16-36-28)19-9-5-3-6-10-19)25-22(30-18)13-14-23(34-2)26(25)27(33)35-20-11-7-4-8-12-20/h4,7-8,11-16,19,30H,3,5-6,9-10,17H2,1-2H3. The number of aromatic amines is 1. The number of thiazole rings is 1. The number of benzene rings is 2. The SMILES string of the molecule is COc1ccc2[nH]c(C)c(CC(=O)N(c3nccs3)C3CCCCC3)c2c1C(=O)Oc1ccccc1. The zero-order chi connectivity index (χ0) is 25.1. The predicted octanol–water partition coefficient (Wildman–Crippen LogP) is 6.07. The lowest BCUT2D eigenvalue weighted by atomic mass is 9.93. The highest BCUT2D eigenvalue weighted by Crippen LogP contribution is 2.35. The molecule has 36 heavy (non-hydrogen) atoms. The second-order valence-corrected chi connectivity index (χ2v) is 9.92. The van der Waals surface area contributed by atoms with Gasteiger partial charge in [0, 0.05) is 34.2 Å². The monoisotopic (exact) mass is 503 g/mol. The largest absolute Gasteiger partial charge is 0.496 e. The van der Waals surface area contributed by atoms with Gasteiger partial charge in [-0.2, -0.15) is 0 Å². The van der Waals surface area contributed by atoms with Gasteiger partial charge in [0.2, 0.25) is 5.91 Å². The molecule has 2 aromatic heterocycles. The lowest BCUT2D eigenvalue weighted by molar-refractivity contribution is -0.118. The molecule has 0 unspecified atom stereocenters. The minimum atomic E-state index is -0.527. The Bertz CT molecular complexity index is 1360. The number of fused-ring (bicyclic) bond motifs is 1. The highest BCUT2D eigenvalue weighted by atomic mass is 32.1. The van der Waals surface area contributed by atoms with E-state index in [1.807, 2.05) is 41.5 Å². The van der Waals surface area contributed by atoms with Crippen LogP contribution in [0, 0.1) is 6.92 Å².